The molecule has 0 bridgehead atoms. The zero-order chi connectivity index (χ0) is 31.5. The quantitative estimate of drug-likeness (QED) is 0.211. The van der Waals surface area contributed by atoms with E-state index in [0.29, 0.717) is 0 Å². The van der Waals surface area contributed by atoms with Gasteiger partial charge in [0.25, 0.3) is 0 Å². The van der Waals surface area contributed by atoms with Gasteiger partial charge in [0.05, 0.1) is 0 Å². The number of hydrogen-bond acceptors (Lipinski definition) is 2. The van der Waals surface area contributed by atoms with Crippen molar-refractivity contribution in [1.29, 1.82) is 0 Å². The molecule has 0 unspecified atom stereocenters. The number of fused-ring (bicyclic) bond motifs is 5. The number of anilines is 2. The molecule has 0 spiro atoms. The van der Waals surface area contributed by atoms with Crippen LogP contribution >= 0.6 is 0 Å². The maximum Gasteiger partial charge on any atom is 0.143 e. The van der Waals surface area contributed by atoms with Crippen molar-refractivity contribution in [3.05, 3.63) is 162 Å². The van der Waals surface area contributed by atoms with Crippen molar-refractivity contribution in [3.63, 3.8) is 0 Å². The molecule has 1 aromatic heterocycles. The van der Waals surface area contributed by atoms with Gasteiger partial charge in [0.15, 0.2) is 0 Å². The summed E-state index contributed by atoms with van der Waals surface area (Å²) in [5.74, 6) is 0. The third-order valence-corrected chi connectivity index (χ3v) is 10.2. The lowest BCUT2D eigenvalue weighted by molar-refractivity contribution is 0.609. The van der Waals surface area contributed by atoms with Gasteiger partial charge in [-0.25, -0.2) is 0 Å². The van der Waals surface area contributed by atoms with E-state index < -0.39 is 0 Å². The van der Waals surface area contributed by atoms with Crippen LogP contribution < -0.4 is 5.32 Å². The maximum absolute atomic E-state index is 6.32. The van der Waals surface area contributed by atoms with Crippen molar-refractivity contribution in [2.45, 2.75) is 32.1 Å². The van der Waals surface area contributed by atoms with Crippen molar-refractivity contribution in [2.24, 2.45) is 0 Å². The lowest BCUT2D eigenvalue weighted by Gasteiger charge is -2.28. The highest BCUT2D eigenvalue weighted by Gasteiger charge is 2.39. The number of nitrogens with one attached hydrogen (secondary N) is 1. The Morgan fingerprint density at radius 2 is 1.23 bits per heavy atom. The second-order valence-electron chi connectivity index (χ2n) is 13.3. The van der Waals surface area contributed by atoms with Crippen LogP contribution in [0.4, 0.5) is 11.4 Å². The first-order valence-electron chi connectivity index (χ1n) is 16.6. The highest BCUT2D eigenvalue weighted by molar-refractivity contribution is 6.09. The van der Waals surface area contributed by atoms with E-state index in [9.17, 15) is 0 Å². The Kier molecular flexibility index (Phi) is 6.33. The first-order valence-corrected chi connectivity index (χ1v) is 16.6. The third kappa shape index (κ3) is 4.55. The lowest BCUT2D eigenvalue weighted by Crippen LogP contribution is -2.18. The van der Waals surface area contributed by atoms with Gasteiger partial charge in [-0.05, 0) is 93.8 Å². The van der Waals surface area contributed by atoms with Crippen LogP contribution in [0.3, 0.4) is 0 Å². The third-order valence-electron chi connectivity index (χ3n) is 10.2. The molecule has 1 N–H and O–H groups in total. The predicted octanol–water partition coefficient (Wildman–Crippen LogP) is 12.7. The average molecular weight is 606 g/mol. The fraction of sp³-hybridized carbons (Fsp3) is 0.111. The minimum Gasteiger partial charge on any atom is -0.455 e. The fourth-order valence-corrected chi connectivity index (χ4v) is 7.89. The van der Waals surface area contributed by atoms with Crippen LogP contribution in [0.1, 0.15) is 37.8 Å². The number of allylic oxidation sites excluding steroid dienone is 4. The van der Waals surface area contributed by atoms with Gasteiger partial charge in [0.1, 0.15) is 11.2 Å². The number of hydrogen-bond donors (Lipinski definition) is 1. The zero-order valence-electron chi connectivity index (χ0n) is 26.7. The van der Waals surface area contributed by atoms with Crippen LogP contribution in [0.25, 0.3) is 60.9 Å². The Bertz CT molecular complexity index is 2380. The molecule has 47 heavy (non-hydrogen) atoms. The largest absolute Gasteiger partial charge is 0.455 e. The van der Waals surface area contributed by atoms with Crippen LogP contribution in [0.5, 0.6) is 0 Å². The fourth-order valence-electron chi connectivity index (χ4n) is 7.89. The maximum atomic E-state index is 6.32. The summed E-state index contributed by atoms with van der Waals surface area (Å²) in [6.45, 7) is 4.79. The van der Waals surface area contributed by atoms with Gasteiger partial charge < -0.3 is 9.73 Å². The first-order chi connectivity index (χ1) is 23.0. The average Bonchev–Trinajstić information content (AvgIpc) is 3.62. The summed E-state index contributed by atoms with van der Waals surface area (Å²) >= 11 is 0. The summed E-state index contributed by atoms with van der Waals surface area (Å²) in [5.41, 5.74) is 17.1. The van der Waals surface area contributed by atoms with Crippen molar-refractivity contribution in [2.75, 3.05) is 5.32 Å². The van der Waals surface area contributed by atoms with Gasteiger partial charge >= 0.3 is 0 Å². The Balaban J connectivity index is 0.958. The minimum absolute atomic E-state index is 0.0466. The van der Waals surface area contributed by atoms with E-state index in [2.05, 4.69) is 153 Å². The summed E-state index contributed by atoms with van der Waals surface area (Å²) in [7, 11) is 0. The SMILES string of the molecule is CC1(C)C2=C(C=CCC2)c2cccc(-c3ccc(Nc4ccc(-c5cccc(-c6cccc7c6oc6ccccc67)c5)cc4)cc3)c21. The molecule has 9 rings (SSSR count). The molecule has 0 aliphatic heterocycles. The predicted molar refractivity (Wildman–Crippen MR) is 198 cm³/mol. The van der Waals surface area contributed by atoms with E-state index in [1.54, 1.807) is 5.57 Å². The number of benzene rings is 6. The molecule has 0 saturated heterocycles. The van der Waals surface area contributed by atoms with Crippen molar-refractivity contribution in [3.8, 4) is 33.4 Å². The van der Waals surface area contributed by atoms with E-state index in [0.717, 1.165) is 57.3 Å². The summed E-state index contributed by atoms with van der Waals surface area (Å²) < 4.78 is 6.32. The Labute approximate surface area is 275 Å². The van der Waals surface area contributed by atoms with E-state index in [1.165, 1.54) is 39.0 Å². The molecule has 0 radical (unpaired) electrons. The summed E-state index contributed by atoms with van der Waals surface area (Å²) in [6.07, 6.45) is 6.96. The molecule has 0 fully saturated rings. The molecule has 0 atom stereocenters. The molecule has 2 heteroatoms. The van der Waals surface area contributed by atoms with E-state index >= 15 is 0 Å². The van der Waals surface area contributed by atoms with Gasteiger partial charge in [-0.15, -0.1) is 0 Å². The molecule has 2 aliphatic rings. The standard InChI is InChI=1S/C45H35NO/c1-45(2)41-18-5-3-12-37(41)39-16-8-14-35(43(39)45)30-22-26-34(27-23-30)46-33-24-20-29(21-25-33)31-10-7-11-32(28-31)36-15-9-17-40-38-13-4-6-19-42(38)47-44(36)40/h3-4,6-17,19-28,46H,5,18H2,1-2H3. The smallest absolute Gasteiger partial charge is 0.143 e. The van der Waals surface area contributed by atoms with Gasteiger partial charge in [0, 0.05) is 33.1 Å². The van der Waals surface area contributed by atoms with E-state index in [1.807, 2.05) is 12.1 Å². The number of para-hydroxylation sites is 2. The van der Waals surface area contributed by atoms with Crippen LogP contribution in [-0.2, 0) is 5.41 Å². The highest BCUT2D eigenvalue weighted by atomic mass is 16.3. The van der Waals surface area contributed by atoms with Gasteiger partial charge in [-0.2, -0.15) is 0 Å². The minimum atomic E-state index is 0.0466. The van der Waals surface area contributed by atoms with Crippen molar-refractivity contribution in [1.82, 2.24) is 0 Å². The molecule has 0 saturated carbocycles. The van der Waals surface area contributed by atoms with Crippen LogP contribution in [0.2, 0.25) is 0 Å². The van der Waals surface area contributed by atoms with E-state index in [4.69, 9.17) is 4.42 Å². The van der Waals surface area contributed by atoms with E-state index in [-0.39, 0.29) is 5.41 Å². The highest BCUT2D eigenvalue weighted by Crippen LogP contribution is 2.53. The van der Waals surface area contributed by atoms with Gasteiger partial charge in [-0.1, -0.05) is 129 Å². The van der Waals surface area contributed by atoms with Gasteiger partial charge in [-0.3, -0.25) is 0 Å². The monoisotopic (exact) mass is 605 g/mol. The van der Waals surface area contributed by atoms with Crippen molar-refractivity contribution < 1.29 is 4.42 Å². The molecule has 2 nitrogen and oxygen atoms in total. The summed E-state index contributed by atoms with van der Waals surface area (Å²) in [6, 6.07) is 47.8. The Hall–Kier alpha value is -5.60. The molecule has 6 aromatic carbocycles. The van der Waals surface area contributed by atoms with Crippen molar-refractivity contribution >= 4 is 38.9 Å². The van der Waals surface area contributed by atoms with Gasteiger partial charge in [0.2, 0.25) is 0 Å². The lowest BCUT2D eigenvalue weighted by atomic mass is 9.76. The molecule has 226 valence electrons. The Morgan fingerprint density at radius 1 is 0.574 bits per heavy atom. The molecule has 7 aromatic rings. The van der Waals surface area contributed by atoms with Crippen LogP contribution in [0.15, 0.2) is 156 Å². The number of furan rings is 1. The Morgan fingerprint density at radius 3 is 2.06 bits per heavy atom. The normalized spacial score (nSPS) is 14.9. The summed E-state index contributed by atoms with van der Waals surface area (Å²) in [4.78, 5) is 0. The molecular weight excluding hydrogens is 571 g/mol. The second kappa shape index (κ2) is 10.7. The molecule has 0 amide bonds. The molecule has 2 aliphatic carbocycles. The van der Waals surface area contributed by atoms with Crippen LogP contribution in [-0.4, -0.2) is 0 Å². The molecule has 1 heterocycles. The van der Waals surface area contributed by atoms with Crippen LogP contribution in [0, 0.1) is 0 Å². The topological polar surface area (TPSA) is 25.2 Å². The first kappa shape index (κ1) is 27.7. The summed E-state index contributed by atoms with van der Waals surface area (Å²) in [5, 5.41) is 5.91. The second-order valence-corrected chi connectivity index (χ2v) is 13.3. The molecular formula is C45H35NO. The zero-order valence-corrected chi connectivity index (χ0v) is 26.7. The number of rotatable bonds is 5.